The highest BCUT2D eigenvalue weighted by Crippen LogP contribution is 2.44. The van der Waals surface area contributed by atoms with Crippen LogP contribution in [0.3, 0.4) is 0 Å². The van der Waals surface area contributed by atoms with Gasteiger partial charge in [-0.1, -0.05) is 33.6 Å². The van der Waals surface area contributed by atoms with Gasteiger partial charge in [-0.05, 0) is 279 Å². The molecule has 606 valence electrons. The maximum atomic E-state index is 12.9. The summed E-state index contributed by atoms with van der Waals surface area (Å²) in [4.78, 5) is 42.5. The van der Waals surface area contributed by atoms with E-state index in [1.807, 2.05) is 76.1 Å². The molecule has 19 rings (SSSR count). The van der Waals surface area contributed by atoms with Crippen molar-refractivity contribution < 1.29 is 31.8 Å². The lowest BCUT2D eigenvalue weighted by molar-refractivity contribution is -0.137. The van der Waals surface area contributed by atoms with Crippen LogP contribution >= 0.6 is 27.5 Å². The number of fused-ring (bicyclic) bond motifs is 7. The second kappa shape index (κ2) is 34.0. The fourth-order valence-corrected chi connectivity index (χ4v) is 16.2. The molecule has 29 heteroatoms. The number of hydrogen-bond donors (Lipinski definition) is 4. The van der Waals surface area contributed by atoms with Crippen molar-refractivity contribution in [2.45, 2.75) is 181 Å². The minimum absolute atomic E-state index is 0.0763. The van der Waals surface area contributed by atoms with Gasteiger partial charge < -0.3 is 59.8 Å². The molecule has 0 aliphatic heterocycles. The maximum Gasteiger partial charge on any atom is 0.416 e. The van der Waals surface area contributed by atoms with Gasteiger partial charge in [0.2, 0.25) is 23.8 Å². The van der Waals surface area contributed by atoms with Crippen molar-refractivity contribution in [1.29, 1.82) is 10.5 Å². The number of nitrogen functional groups attached to an aromatic ring is 4. The molecular formula is C88H94BrClF4N20O3. The van der Waals surface area contributed by atoms with Gasteiger partial charge in [-0.2, -0.15) is 23.7 Å². The van der Waals surface area contributed by atoms with Crippen molar-refractivity contribution in [2.24, 2.45) is 0 Å². The zero-order chi connectivity index (χ0) is 83.7. The largest absolute Gasteiger partial charge is 0.497 e. The predicted octanol–water partition coefficient (Wildman–Crippen LogP) is 21.0. The number of anilines is 4. The summed E-state index contributed by atoms with van der Waals surface area (Å²) in [6.45, 7) is 18.7. The van der Waals surface area contributed by atoms with Crippen LogP contribution in [0.15, 0.2) is 156 Å². The molecule has 4 saturated carbocycles. The van der Waals surface area contributed by atoms with Crippen LogP contribution in [0.2, 0.25) is 5.02 Å². The van der Waals surface area contributed by atoms with E-state index in [-0.39, 0.29) is 22.9 Å². The zero-order valence-electron chi connectivity index (χ0n) is 67.2. The molecule has 0 radical (unpaired) electrons. The summed E-state index contributed by atoms with van der Waals surface area (Å²) in [5.41, 5.74) is 38.1. The van der Waals surface area contributed by atoms with Crippen LogP contribution in [0.4, 0.5) is 41.4 Å². The monoisotopic (exact) mass is 1670 g/mol. The Bertz CT molecular complexity index is 6270. The topological polar surface area (TPSA) is 312 Å². The molecule has 8 N–H and O–H groups in total. The first-order valence-electron chi connectivity index (χ1n) is 38.9. The smallest absolute Gasteiger partial charge is 0.416 e. The summed E-state index contributed by atoms with van der Waals surface area (Å²) >= 11 is 9.49. The van der Waals surface area contributed by atoms with E-state index in [1.54, 1.807) is 66.3 Å². The normalized spacial score (nSPS) is 14.5. The number of aryl methyl sites for hydroxylation is 3. The lowest BCUT2D eigenvalue weighted by Crippen LogP contribution is -2.37. The Labute approximate surface area is 687 Å². The molecule has 0 unspecified atom stereocenters. The van der Waals surface area contributed by atoms with Gasteiger partial charge in [-0.25, -0.2) is 44.1 Å². The van der Waals surface area contributed by atoms with E-state index < -0.39 is 11.7 Å². The number of carbonyl (C=O) groups is 1. The second-order valence-electron chi connectivity index (χ2n) is 31.3. The SMILES string of the molecule is CC(C)(C)n1c(N)nc2ccc(C#N)cc21.CC1(n2c(N)nc3ccc(C#N)cc32)CCC1.COC(=O)c1cccc2nc(N)n(C3CCC3)c12.COc1ccc2nc(C)n(C(C)C)c2c1.Cc1nc2ccc(Br)cc2n1C1CCC1.Cc1nc2ccc(C(F)(F)F)cc2n1C1CCC1.Nc1nc2ccc(Cl)cc2n1-c1ccc(F)cc1. The van der Waals surface area contributed by atoms with E-state index >= 15 is 0 Å². The molecule has 0 bridgehead atoms. The number of nitrogens with two attached hydrogens (primary N) is 4. The number of rotatable bonds is 8. The number of alkyl halides is 3. The van der Waals surface area contributed by atoms with Crippen LogP contribution in [-0.2, 0) is 22.0 Å². The van der Waals surface area contributed by atoms with E-state index in [2.05, 4.69) is 143 Å². The third-order valence-corrected chi connectivity index (χ3v) is 22.8. The lowest BCUT2D eigenvalue weighted by atomic mass is 9.78. The second-order valence-corrected chi connectivity index (χ2v) is 32.7. The van der Waals surface area contributed by atoms with Gasteiger partial charge in [-0.15, -0.1) is 0 Å². The van der Waals surface area contributed by atoms with Gasteiger partial charge in [0.15, 0.2) is 0 Å². The molecule has 117 heavy (non-hydrogen) atoms. The maximum absolute atomic E-state index is 12.9. The molecule has 7 heterocycles. The number of para-hydroxylation sites is 1. The molecule has 0 amide bonds. The number of esters is 1. The fourth-order valence-electron chi connectivity index (χ4n) is 15.7. The first-order chi connectivity index (χ1) is 55.8. The predicted molar refractivity (Wildman–Crippen MR) is 458 cm³/mol. The molecule has 0 saturated heterocycles. The average Bonchev–Trinajstić information content (AvgIpc) is 1.58. The van der Waals surface area contributed by atoms with Crippen molar-refractivity contribution >= 4 is 135 Å². The third-order valence-electron chi connectivity index (χ3n) is 22.1. The van der Waals surface area contributed by atoms with Crippen LogP contribution < -0.4 is 27.7 Å². The van der Waals surface area contributed by atoms with E-state index in [1.165, 1.54) is 69.0 Å². The van der Waals surface area contributed by atoms with Crippen LogP contribution in [0, 0.1) is 49.3 Å². The molecule has 4 fully saturated rings. The molecule has 7 aromatic heterocycles. The summed E-state index contributed by atoms with van der Waals surface area (Å²) in [6, 6.07) is 49.9. The molecular weight excluding hydrogens is 1580 g/mol. The number of imidazole rings is 7. The molecule has 23 nitrogen and oxygen atoms in total. The highest BCUT2D eigenvalue weighted by Gasteiger charge is 2.37. The van der Waals surface area contributed by atoms with Crippen molar-refractivity contribution in [3.8, 4) is 23.6 Å². The number of aromatic nitrogens is 14. The van der Waals surface area contributed by atoms with Crippen molar-refractivity contribution in [1.82, 2.24) is 66.9 Å². The summed E-state index contributed by atoms with van der Waals surface area (Å²) < 4.78 is 76.6. The Morgan fingerprint density at radius 3 is 1.61 bits per heavy atom. The fraction of sp³-hybridized carbons (Fsp3) is 0.341. The van der Waals surface area contributed by atoms with Gasteiger partial charge in [0, 0.05) is 56.5 Å². The Morgan fingerprint density at radius 2 is 1.06 bits per heavy atom. The van der Waals surface area contributed by atoms with E-state index in [9.17, 15) is 22.4 Å². The number of ether oxygens (including phenoxy) is 2. The number of carbonyl (C=O) groups excluding carboxylic acids is 1. The number of hydrogen-bond acceptors (Lipinski definition) is 16. The third kappa shape index (κ3) is 17.3. The highest BCUT2D eigenvalue weighted by atomic mass is 79.9. The van der Waals surface area contributed by atoms with Gasteiger partial charge >= 0.3 is 12.1 Å². The van der Waals surface area contributed by atoms with Crippen molar-refractivity contribution in [3.63, 3.8) is 0 Å². The van der Waals surface area contributed by atoms with Gasteiger partial charge in [0.25, 0.3) is 0 Å². The number of methoxy groups -OCH3 is 2. The van der Waals surface area contributed by atoms with Crippen LogP contribution in [0.5, 0.6) is 5.75 Å². The quantitative estimate of drug-likeness (QED) is 0.0811. The number of nitriles is 2. The Balaban J connectivity index is 0.000000119. The van der Waals surface area contributed by atoms with Crippen LogP contribution in [0.25, 0.3) is 82.9 Å². The first-order valence-corrected chi connectivity index (χ1v) is 40.1. The van der Waals surface area contributed by atoms with Gasteiger partial charge in [0.05, 0.1) is 126 Å². The first kappa shape index (κ1) is 83.0. The number of halogens is 6. The minimum atomic E-state index is -4.29. The molecule has 15 aromatic rings. The van der Waals surface area contributed by atoms with E-state index in [0.717, 1.165) is 145 Å². The zero-order valence-corrected chi connectivity index (χ0v) is 69.5. The minimum Gasteiger partial charge on any atom is -0.497 e. The highest BCUT2D eigenvalue weighted by molar-refractivity contribution is 9.10. The summed E-state index contributed by atoms with van der Waals surface area (Å²) in [7, 11) is 3.07. The average molecular weight is 1670 g/mol. The lowest BCUT2D eigenvalue weighted by Gasteiger charge is -2.40. The number of benzene rings is 8. The van der Waals surface area contributed by atoms with E-state index in [4.69, 9.17) is 54.5 Å². The van der Waals surface area contributed by atoms with Gasteiger partial charge in [0.1, 0.15) is 29.0 Å². The van der Waals surface area contributed by atoms with Crippen LogP contribution in [-0.4, -0.2) is 87.0 Å². The Hall–Kier alpha value is -12.0. The van der Waals surface area contributed by atoms with E-state index in [0.29, 0.717) is 80.7 Å². The molecule has 0 spiro atoms. The van der Waals surface area contributed by atoms with Crippen molar-refractivity contribution in [2.75, 3.05) is 37.2 Å². The van der Waals surface area contributed by atoms with Gasteiger partial charge in [-0.3, -0.25) is 4.57 Å². The Kier molecular flexibility index (Phi) is 24.1. The molecule has 4 aliphatic carbocycles. The number of nitrogens with zero attached hydrogens (tertiary/aromatic N) is 16. The molecule has 0 atom stereocenters. The summed E-state index contributed by atoms with van der Waals surface area (Å²) in [6.07, 6.45) is 9.73. The molecule has 4 aliphatic rings. The van der Waals surface area contributed by atoms with Crippen molar-refractivity contribution in [3.05, 3.63) is 207 Å². The summed E-state index contributed by atoms with van der Waals surface area (Å²) in [5, 5.41) is 18.4. The Morgan fingerprint density at radius 1 is 0.556 bits per heavy atom. The van der Waals surface area contributed by atoms with Crippen LogP contribution in [0.1, 0.15) is 187 Å². The summed E-state index contributed by atoms with van der Waals surface area (Å²) in [5.74, 6) is 5.10. The standard InChI is InChI=1S/C13H9ClFN3.C13H13F3N2.C13H14N4.C13H15N3O2.C12H13BrN2.C12H14N4.C12H16N2O/c14-8-1-6-11-12(7-8)18(13(16)17-11)10-4-2-9(15)3-5-10;1-8-17-11-6-5-9(13(14,15)16)7-12(11)18(8)10-3-2-4-10;1-13(5-2-6-13)17-11-7-9(8-14)3-4-10(11)16-12(17)15;1-18-12(17)9-6-3-7-10-11(9)16(13(14)15-10)8-4-2-5-8;1-8-14-11-6-5-9(13)7-12(11)15(8)10-3-2-4-10;1-12(2,3)16-10-6-8(7-13)4-5-9(10)15-11(16)14;1-8(2)14-9(3)13-11-6-5-10(15-4)7-12(11)14/h1-7H,(H2,16,17);5-7,10H,2-4H2,1H3;3-4,7H,2,5-6H2,1H3,(H2,15,16);3,6-8H,2,4-5H2,1H3,(H2,14,15);5-7,10H,2-4H2,1H3;4-6H,1-3H3,(H2,14,15);5-8H,1-4H3. The molecule has 8 aromatic carbocycles.